The van der Waals surface area contributed by atoms with Crippen LogP contribution in [0, 0.1) is 6.92 Å². The molecule has 0 aliphatic heterocycles. The molecule has 4 heteroatoms. The topological polar surface area (TPSA) is 30.0 Å². The minimum Gasteiger partial charge on any atom is -0.288 e. The number of aryl methyl sites for hydroxylation is 1. The van der Waals surface area contributed by atoms with Gasteiger partial charge in [0.15, 0.2) is 0 Å². The maximum Gasteiger partial charge on any atom is 0.204 e. The summed E-state index contributed by atoms with van der Waals surface area (Å²) in [6.07, 6.45) is 0. The smallest absolute Gasteiger partial charge is 0.204 e. The van der Waals surface area contributed by atoms with E-state index in [0.29, 0.717) is 15.5 Å². The molecule has 0 atom stereocenters. The van der Waals surface area contributed by atoms with Crippen LogP contribution in [0.4, 0.5) is 0 Å². The summed E-state index contributed by atoms with van der Waals surface area (Å²) in [5, 5.41) is 0.572. The standard InChI is InChI=1S/C11H8ClNOS/c1-7-11(15-6-13-7)10(14)8-3-2-4-9(12)5-8/h2-6H,1H3. The van der Waals surface area contributed by atoms with Crippen molar-refractivity contribution in [3.8, 4) is 0 Å². The van der Waals surface area contributed by atoms with Crippen molar-refractivity contribution in [1.82, 2.24) is 4.98 Å². The van der Waals surface area contributed by atoms with Gasteiger partial charge in [0, 0.05) is 10.6 Å². The van der Waals surface area contributed by atoms with E-state index in [1.807, 2.05) is 6.92 Å². The van der Waals surface area contributed by atoms with Crippen molar-refractivity contribution in [3.63, 3.8) is 0 Å². The summed E-state index contributed by atoms with van der Waals surface area (Å²) in [5.41, 5.74) is 3.05. The number of ketones is 1. The Morgan fingerprint density at radius 1 is 1.47 bits per heavy atom. The third kappa shape index (κ3) is 2.08. The molecule has 15 heavy (non-hydrogen) atoms. The van der Waals surface area contributed by atoms with Crippen molar-refractivity contribution in [2.75, 3.05) is 0 Å². The molecule has 0 unspecified atom stereocenters. The Labute approximate surface area is 96.5 Å². The number of hydrogen-bond donors (Lipinski definition) is 0. The Balaban J connectivity index is 2.41. The summed E-state index contributed by atoms with van der Waals surface area (Å²) in [6.45, 7) is 1.83. The number of halogens is 1. The van der Waals surface area contributed by atoms with Crippen LogP contribution in [0.2, 0.25) is 5.02 Å². The predicted octanol–water partition coefficient (Wildman–Crippen LogP) is 3.34. The minimum absolute atomic E-state index is 0.0162. The third-order valence-corrected chi connectivity index (χ3v) is 3.20. The molecule has 0 aliphatic carbocycles. The average molecular weight is 238 g/mol. The minimum atomic E-state index is -0.0162. The number of thiazole rings is 1. The van der Waals surface area contributed by atoms with Gasteiger partial charge in [0.2, 0.25) is 5.78 Å². The van der Waals surface area contributed by atoms with E-state index < -0.39 is 0 Å². The van der Waals surface area contributed by atoms with Gasteiger partial charge in [-0.3, -0.25) is 4.79 Å². The largest absolute Gasteiger partial charge is 0.288 e. The number of benzene rings is 1. The van der Waals surface area contributed by atoms with Gasteiger partial charge in [-0.15, -0.1) is 11.3 Å². The number of hydrogen-bond acceptors (Lipinski definition) is 3. The molecule has 0 bridgehead atoms. The lowest BCUT2D eigenvalue weighted by atomic mass is 10.1. The molecule has 0 fully saturated rings. The van der Waals surface area contributed by atoms with Crippen molar-refractivity contribution in [1.29, 1.82) is 0 Å². The summed E-state index contributed by atoms with van der Waals surface area (Å²) >= 11 is 7.18. The van der Waals surface area contributed by atoms with E-state index in [-0.39, 0.29) is 5.78 Å². The van der Waals surface area contributed by atoms with E-state index in [1.165, 1.54) is 11.3 Å². The van der Waals surface area contributed by atoms with Crippen molar-refractivity contribution in [2.45, 2.75) is 6.92 Å². The monoisotopic (exact) mass is 237 g/mol. The highest BCUT2D eigenvalue weighted by Crippen LogP contribution is 2.19. The van der Waals surface area contributed by atoms with Crippen LogP contribution in [0.3, 0.4) is 0 Å². The average Bonchev–Trinajstić information content (AvgIpc) is 2.63. The molecule has 0 aliphatic rings. The Morgan fingerprint density at radius 3 is 2.87 bits per heavy atom. The molecule has 0 amide bonds. The van der Waals surface area contributed by atoms with Crippen molar-refractivity contribution >= 4 is 28.7 Å². The maximum atomic E-state index is 12.0. The van der Waals surface area contributed by atoms with Gasteiger partial charge in [-0.2, -0.15) is 0 Å². The highest BCUT2D eigenvalue weighted by atomic mass is 35.5. The van der Waals surface area contributed by atoms with Gasteiger partial charge in [0.1, 0.15) is 0 Å². The van der Waals surface area contributed by atoms with Crippen LogP contribution in [0.15, 0.2) is 29.8 Å². The normalized spacial score (nSPS) is 10.3. The van der Waals surface area contributed by atoms with E-state index in [9.17, 15) is 4.79 Å². The quantitative estimate of drug-likeness (QED) is 0.750. The molecule has 0 spiro atoms. The molecule has 1 aromatic heterocycles. The second kappa shape index (κ2) is 4.13. The van der Waals surface area contributed by atoms with Crippen LogP contribution in [-0.2, 0) is 0 Å². The highest BCUT2D eigenvalue weighted by Gasteiger charge is 2.13. The zero-order chi connectivity index (χ0) is 10.8. The Kier molecular flexibility index (Phi) is 2.84. The first kappa shape index (κ1) is 10.3. The summed E-state index contributed by atoms with van der Waals surface area (Å²) < 4.78 is 0. The van der Waals surface area contributed by atoms with E-state index in [1.54, 1.807) is 29.8 Å². The molecule has 2 nitrogen and oxygen atoms in total. The second-order valence-corrected chi connectivity index (χ2v) is 4.40. The fourth-order valence-corrected chi connectivity index (χ4v) is 2.24. The van der Waals surface area contributed by atoms with Gasteiger partial charge in [0.25, 0.3) is 0 Å². The molecule has 76 valence electrons. The van der Waals surface area contributed by atoms with Crippen LogP contribution < -0.4 is 0 Å². The molecule has 1 aromatic carbocycles. The SMILES string of the molecule is Cc1ncsc1C(=O)c1cccc(Cl)c1. The fourth-order valence-electron chi connectivity index (χ4n) is 1.28. The lowest BCUT2D eigenvalue weighted by molar-refractivity contribution is 0.104. The lowest BCUT2D eigenvalue weighted by Crippen LogP contribution is -2.00. The molecule has 1 heterocycles. The van der Waals surface area contributed by atoms with Crippen LogP contribution in [-0.4, -0.2) is 10.8 Å². The van der Waals surface area contributed by atoms with Crippen molar-refractivity contribution < 1.29 is 4.79 Å². The lowest BCUT2D eigenvalue weighted by Gasteiger charge is -1.99. The van der Waals surface area contributed by atoms with Crippen molar-refractivity contribution in [2.24, 2.45) is 0 Å². The second-order valence-electron chi connectivity index (χ2n) is 3.11. The molecule has 2 aromatic rings. The third-order valence-electron chi connectivity index (χ3n) is 2.04. The molecular weight excluding hydrogens is 230 g/mol. The Morgan fingerprint density at radius 2 is 2.27 bits per heavy atom. The van der Waals surface area contributed by atoms with Gasteiger partial charge in [-0.1, -0.05) is 23.7 Å². The van der Waals surface area contributed by atoms with Gasteiger partial charge >= 0.3 is 0 Å². The number of nitrogens with zero attached hydrogens (tertiary/aromatic N) is 1. The zero-order valence-electron chi connectivity index (χ0n) is 8.03. The molecule has 2 rings (SSSR count). The number of carbonyl (C=O) groups is 1. The summed E-state index contributed by atoms with van der Waals surface area (Å²) in [7, 11) is 0. The molecule has 0 radical (unpaired) electrons. The van der Waals surface area contributed by atoms with Crippen LogP contribution in [0.25, 0.3) is 0 Å². The van der Waals surface area contributed by atoms with E-state index in [2.05, 4.69) is 4.98 Å². The molecule has 0 saturated carbocycles. The van der Waals surface area contributed by atoms with Crippen molar-refractivity contribution in [3.05, 3.63) is 50.9 Å². The first-order chi connectivity index (χ1) is 7.18. The first-order valence-corrected chi connectivity index (χ1v) is 5.64. The summed E-state index contributed by atoms with van der Waals surface area (Å²) in [6, 6.07) is 6.94. The molecule has 0 saturated heterocycles. The van der Waals surface area contributed by atoms with Gasteiger partial charge < -0.3 is 0 Å². The number of rotatable bonds is 2. The van der Waals surface area contributed by atoms with E-state index >= 15 is 0 Å². The highest BCUT2D eigenvalue weighted by molar-refractivity contribution is 7.12. The Hall–Kier alpha value is -1.19. The van der Waals surface area contributed by atoms with Crippen LogP contribution in [0.5, 0.6) is 0 Å². The summed E-state index contributed by atoms with van der Waals surface area (Å²) in [5.74, 6) is -0.0162. The van der Waals surface area contributed by atoms with Gasteiger partial charge in [0.05, 0.1) is 16.1 Å². The van der Waals surface area contributed by atoms with Crippen LogP contribution >= 0.6 is 22.9 Å². The first-order valence-electron chi connectivity index (χ1n) is 4.39. The fraction of sp³-hybridized carbons (Fsp3) is 0.0909. The van der Waals surface area contributed by atoms with Gasteiger partial charge in [-0.05, 0) is 19.1 Å². The number of aromatic nitrogens is 1. The van der Waals surface area contributed by atoms with Gasteiger partial charge in [-0.25, -0.2) is 4.98 Å². The summed E-state index contributed by atoms with van der Waals surface area (Å²) in [4.78, 5) is 16.7. The van der Waals surface area contributed by atoms with E-state index in [0.717, 1.165) is 5.69 Å². The zero-order valence-corrected chi connectivity index (χ0v) is 9.60. The molecule has 0 N–H and O–H groups in total. The number of carbonyl (C=O) groups excluding carboxylic acids is 1. The predicted molar refractivity (Wildman–Crippen MR) is 61.7 cm³/mol. The maximum absolute atomic E-state index is 12.0. The van der Waals surface area contributed by atoms with E-state index in [4.69, 9.17) is 11.6 Å². The molecular formula is C11H8ClNOS. The van der Waals surface area contributed by atoms with Crippen LogP contribution in [0.1, 0.15) is 20.9 Å². The Bertz CT molecular complexity index is 507.